The molecule has 0 saturated heterocycles. The van der Waals surface area contributed by atoms with Crippen molar-refractivity contribution in [2.24, 2.45) is 7.05 Å². The summed E-state index contributed by atoms with van der Waals surface area (Å²) in [6.45, 7) is 5.20. The van der Waals surface area contributed by atoms with Gasteiger partial charge in [-0.2, -0.15) is 5.10 Å². The molecule has 0 aliphatic rings. The van der Waals surface area contributed by atoms with E-state index < -0.39 is 0 Å². The second-order valence-electron chi connectivity index (χ2n) is 4.69. The molecule has 96 valence electrons. The van der Waals surface area contributed by atoms with E-state index >= 15 is 0 Å². The van der Waals surface area contributed by atoms with E-state index in [0.29, 0.717) is 0 Å². The van der Waals surface area contributed by atoms with Gasteiger partial charge in [0.15, 0.2) is 0 Å². The molecule has 0 bridgehead atoms. The molecule has 1 heterocycles. The third-order valence-electron chi connectivity index (χ3n) is 3.22. The zero-order valence-corrected chi connectivity index (χ0v) is 11.4. The highest BCUT2D eigenvalue weighted by Crippen LogP contribution is 2.11. The van der Waals surface area contributed by atoms with Gasteiger partial charge >= 0.3 is 0 Å². The van der Waals surface area contributed by atoms with Crippen LogP contribution in [0.3, 0.4) is 0 Å². The number of benzene rings is 1. The molecule has 0 spiro atoms. The molecule has 0 aliphatic carbocycles. The Labute approximate surface area is 109 Å². The minimum atomic E-state index is 0.275. The van der Waals surface area contributed by atoms with Crippen LogP contribution in [0.2, 0.25) is 0 Å². The van der Waals surface area contributed by atoms with Crippen molar-refractivity contribution < 1.29 is 0 Å². The molecule has 1 aromatic heterocycles. The number of nitrogens with one attached hydrogen (secondary N) is 1. The maximum Gasteiger partial charge on any atom is 0.0791 e. The molecule has 0 aliphatic heterocycles. The van der Waals surface area contributed by atoms with Crippen LogP contribution in [0.25, 0.3) is 0 Å². The lowest BCUT2D eigenvalue weighted by atomic mass is 10.1. The summed E-state index contributed by atoms with van der Waals surface area (Å²) in [5.74, 6) is 0. The lowest BCUT2D eigenvalue weighted by Crippen LogP contribution is -2.18. The van der Waals surface area contributed by atoms with Gasteiger partial charge in [-0.25, -0.2) is 0 Å². The van der Waals surface area contributed by atoms with Gasteiger partial charge in [-0.1, -0.05) is 31.2 Å². The van der Waals surface area contributed by atoms with Crippen molar-refractivity contribution in [2.75, 3.05) is 0 Å². The second-order valence-corrected chi connectivity index (χ2v) is 4.69. The van der Waals surface area contributed by atoms with E-state index in [-0.39, 0.29) is 6.04 Å². The summed E-state index contributed by atoms with van der Waals surface area (Å²) >= 11 is 0. The molecule has 1 N–H and O–H groups in total. The van der Waals surface area contributed by atoms with Crippen LogP contribution in [0.15, 0.2) is 36.5 Å². The first-order valence-electron chi connectivity index (χ1n) is 6.49. The fourth-order valence-corrected chi connectivity index (χ4v) is 1.93. The molecule has 18 heavy (non-hydrogen) atoms. The molecule has 1 atom stereocenters. The van der Waals surface area contributed by atoms with Gasteiger partial charge in [0.1, 0.15) is 0 Å². The van der Waals surface area contributed by atoms with Crippen LogP contribution in [0, 0.1) is 0 Å². The Morgan fingerprint density at radius 1 is 1.17 bits per heavy atom. The Morgan fingerprint density at radius 3 is 2.39 bits per heavy atom. The van der Waals surface area contributed by atoms with Crippen molar-refractivity contribution in [1.29, 1.82) is 0 Å². The molecule has 1 unspecified atom stereocenters. The molecule has 0 fully saturated rings. The number of rotatable bonds is 5. The normalized spacial score (nSPS) is 12.6. The zero-order valence-electron chi connectivity index (χ0n) is 11.4. The molecule has 0 radical (unpaired) electrons. The van der Waals surface area contributed by atoms with Crippen LogP contribution >= 0.6 is 0 Å². The lowest BCUT2D eigenvalue weighted by molar-refractivity contribution is 0.551. The topological polar surface area (TPSA) is 29.9 Å². The van der Waals surface area contributed by atoms with Crippen LogP contribution in [0.1, 0.15) is 36.7 Å². The van der Waals surface area contributed by atoms with Crippen molar-refractivity contribution in [2.45, 2.75) is 32.9 Å². The number of aromatic nitrogens is 2. The SMILES string of the molecule is CCc1ccc(CNC(C)c2ccn(C)n2)cc1. The average Bonchev–Trinajstić information content (AvgIpc) is 2.83. The number of aryl methyl sites for hydroxylation is 2. The average molecular weight is 243 g/mol. The van der Waals surface area contributed by atoms with Crippen LogP contribution in [-0.4, -0.2) is 9.78 Å². The van der Waals surface area contributed by atoms with Crippen molar-refractivity contribution in [3.05, 3.63) is 53.3 Å². The Kier molecular flexibility index (Phi) is 4.15. The van der Waals surface area contributed by atoms with Crippen LogP contribution in [0.4, 0.5) is 0 Å². The quantitative estimate of drug-likeness (QED) is 0.875. The highest BCUT2D eigenvalue weighted by Gasteiger charge is 2.07. The number of nitrogens with zero attached hydrogens (tertiary/aromatic N) is 2. The third kappa shape index (κ3) is 3.20. The molecular weight excluding hydrogens is 222 g/mol. The smallest absolute Gasteiger partial charge is 0.0791 e. The van der Waals surface area contributed by atoms with Gasteiger partial charge < -0.3 is 5.32 Å². The van der Waals surface area contributed by atoms with E-state index in [0.717, 1.165) is 18.7 Å². The first-order valence-corrected chi connectivity index (χ1v) is 6.49. The van der Waals surface area contributed by atoms with Crippen molar-refractivity contribution in [3.8, 4) is 0 Å². The van der Waals surface area contributed by atoms with Gasteiger partial charge in [0.2, 0.25) is 0 Å². The number of hydrogen-bond donors (Lipinski definition) is 1. The first kappa shape index (κ1) is 12.8. The molecule has 3 nitrogen and oxygen atoms in total. The van der Waals surface area contributed by atoms with Gasteiger partial charge in [0.05, 0.1) is 5.69 Å². The predicted molar refractivity (Wildman–Crippen MR) is 74.3 cm³/mol. The minimum Gasteiger partial charge on any atom is -0.305 e. The molecule has 2 aromatic rings. The molecule has 0 amide bonds. The van der Waals surface area contributed by atoms with Crippen molar-refractivity contribution in [1.82, 2.24) is 15.1 Å². The fourth-order valence-electron chi connectivity index (χ4n) is 1.93. The fraction of sp³-hybridized carbons (Fsp3) is 0.400. The third-order valence-corrected chi connectivity index (χ3v) is 3.22. The van der Waals surface area contributed by atoms with Crippen molar-refractivity contribution >= 4 is 0 Å². The lowest BCUT2D eigenvalue weighted by Gasteiger charge is -2.11. The van der Waals surface area contributed by atoms with E-state index in [9.17, 15) is 0 Å². The summed E-state index contributed by atoms with van der Waals surface area (Å²) in [5.41, 5.74) is 3.79. The molecule has 2 rings (SSSR count). The second kappa shape index (κ2) is 5.83. The van der Waals surface area contributed by atoms with Crippen molar-refractivity contribution in [3.63, 3.8) is 0 Å². The predicted octanol–water partition coefficient (Wildman–Crippen LogP) is 2.83. The van der Waals surface area contributed by atoms with Crippen LogP contribution in [-0.2, 0) is 20.0 Å². The monoisotopic (exact) mass is 243 g/mol. The Hall–Kier alpha value is -1.61. The van der Waals surface area contributed by atoms with Gasteiger partial charge in [-0.3, -0.25) is 4.68 Å². The highest BCUT2D eigenvalue weighted by molar-refractivity contribution is 5.22. The van der Waals surface area contributed by atoms with Gasteiger partial charge in [-0.05, 0) is 30.5 Å². The number of hydrogen-bond acceptors (Lipinski definition) is 2. The van der Waals surface area contributed by atoms with Gasteiger partial charge in [0, 0.05) is 25.8 Å². The molecular formula is C15H21N3. The Balaban J connectivity index is 1.90. The van der Waals surface area contributed by atoms with E-state index in [1.54, 1.807) is 0 Å². The maximum absolute atomic E-state index is 4.40. The zero-order chi connectivity index (χ0) is 13.0. The molecule has 3 heteroatoms. The first-order chi connectivity index (χ1) is 8.69. The minimum absolute atomic E-state index is 0.275. The summed E-state index contributed by atoms with van der Waals surface area (Å²) in [7, 11) is 1.94. The van der Waals surface area contributed by atoms with E-state index in [1.165, 1.54) is 11.1 Å². The summed E-state index contributed by atoms with van der Waals surface area (Å²) < 4.78 is 1.84. The summed E-state index contributed by atoms with van der Waals surface area (Å²) in [6, 6.07) is 11.1. The molecule has 1 aromatic carbocycles. The highest BCUT2D eigenvalue weighted by atomic mass is 15.3. The maximum atomic E-state index is 4.40. The summed E-state index contributed by atoms with van der Waals surface area (Å²) in [4.78, 5) is 0. The van der Waals surface area contributed by atoms with Gasteiger partial charge in [0.25, 0.3) is 0 Å². The van der Waals surface area contributed by atoms with E-state index in [2.05, 4.69) is 54.6 Å². The van der Waals surface area contributed by atoms with Gasteiger partial charge in [-0.15, -0.1) is 0 Å². The summed E-state index contributed by atoms with van der Waals surface area (Å²) in [5, 5.41) is 7.89. The van der Waals surface area contributed by atoms with E-state index in [1.807, 2.05) is 17.9 Å². The van der Waals surface area contributed by atoms with E-state index in [4.69, 9.17) is 0 Å². The standard InChI is InChI=1S/C15H21N3/c1-4-13-5-7-14(8-6-13)11-16-12(2)15-9-10-18(3)17-15/h5-10,12,16H,4,11H2,1-3H3. The Bertz CT molecular complexity index is 485. The Morgan fingerprint density at radius 2 is 1.83 bits per heavy atom. The molecule has 0 saturated carbocycles. The summed E-state index contributed by atoms with van der Waals surface area (Å²) in [6.07, 6.45) is 3.07. The van der Waals surface area contributed by atoms with Crippen LogP contribution < -0.4 is 5.32 Å². The van der Waals surface area contributed by atoms with Crippen LogP contribution in [0.5, 0.6) is 0 Å². The largest absolute Gasteiger partial charge is 0.305 e.